The van der Waals surface area contributed by atoms with Gasteiger partial charge in [0, 0.05) is 17.0 Å². The average molecular weight is 267 g/mol. The van der Waals surface area contributed by atoms with E-state index in [1.54, 1.807) is 11.8 Å². The van der Waals surface area contributed by atoms with Gasteiger partial charge in [-0.05, 0) is 36.8 Å². The summed E-state index contributed by atoms with van der Waals surface area (Å²) in [6, 6.07) is 7.62. The molecule has 4 heteroatoms. The molecule has 1 amide bonds. The van der Waals surface area contributed by atoms with E-state index in [-0.39, 0.29) is 12.0 Å². The molecular weight excluding hydrogens is 246 g/mol. The summed E-state index contributed by atoms with van der Waals surface area (Å²) >= 11 is 1.72. The Morgan fingerprint density at radius 1 is 1.44 bits per heavy atom. The van der Waals surface area contributed by atoms with Gasteiger partial charge in [0.15, 0.2) is 0 Å². The van der Waals surface area contributed by atoms with Crippen molar-refractivity contribution in [1.29, 1.82) is 0 Å². The number of thioether (sulfide) groups is 1. The van der Waals surface area contributed by atoms with Crippen molar-refractivity contribution in [3.8, 4) is 0 Å². The first-order valence-electron chi connectivity index (χ1n) is 6.36. The second-order valence-corrected chi connectivity index (χ2v) is 5.40. The van der Waals surface area contributed by atoms with Crippen LogP contribution in [-0.4, -0.2) is 29.4 Å². The third-order valence-corrected chi connectivity index (χ3v) is 3.52. The lowest BCUT2D eigenvalue weighted by Gasteiger charge is -2.09. The molecular formula is C14H21NO2S. The molecule has 0 spiro atoms. The van der Waals surface area contributed by atoms with Crippen molar-refractivity contribution in [2.45, 2.75) is 37.7 Å². The molecule has 0 radical (unpaired) electrons. The second-order valence-electron chi connectivity index (χ2n) is 4.07. The summed E-state index contributed by atoms with van der Waals surface area (Å²) in [5, 5.41) is 12.2. The number of hydrogen-bond donors (Lipinski definition) is 2. The summed E-state index contributed by atoms with van der Waals surface area (Å²) in [6.45, 7) is 4.53. The fourth-order valence-corrected chi connectivity index (χ4v) is 2.27. The van der Waals surface area contributed by atoms with Gasteiger partial charge in [-0.1, -0.05) is 19.9 Å². The Hall–Kier alpha value is -1.00. The van der Waals surface area contributed by atoms with E-state index in [1.807, 2.05) is 31.2 Å². The van der Waals surface area contributed by atoms with Gasteiger partial charge in [0.25, 0.3) is 5.91 Å². The molecule has 0 aliphatic carbocycles. The zero-order chi connectivity index (χ0) is 13.4. The molecule has 0 aliphatic heterocycles. The van der Waals surface area contributed by atoms with E-state index < -0.39 is 0 Å². The summed E-state index contributed by atoms with van der Waals surface area (Å²) in [4.78, 5) is 13.0. The molecule has 0 fully saturated rings. The highest BCUT2D eigenvalue weighted by Crippen LogP contribution is 2.18. The monoisotopic (exact) mass is 267 g/mol. The SMILES string of the molecule is CCSc1cccc(C(=O)NCCC(O)CC)c1. The number of carbonyl (C=O) groups excluding carboxylic acids is 1. The molecule has 1 rings (SSSR count). The molecule has 0 saturated heterocycles. The molecule has 18 heavy (non-hydrogen) atoms. The van der Waals surface area contributed by atoms with Crippen molar-refractivity contribution in [3.05, 3.63) is 29.8 Å². The Labute approximate surface area is 113 Å². The van der Waals surface area contributed by atoms with Gasteiger partial charge in [-0.3, -0.25) is 4.79 Å². The van der Waals surface area contributed by atoms with Crippen LogP contribution >= 0.6 is 11.8 Å². The van der Waals surface area contributed by atoms with Gasteiger partial charge in [0.2, 0.25) is 0 Å². The van der Waals surface area contributed by atoms with E-state index >= 15 is 0 Å². The molecule has 1 aromatic carbocycles. The van der Waals surface area contributed by atoms with E-state index in [0.717, 1.165) is 17.1 Å². The van der Waals surface area contributed by atoms with Crippen molar-refractivity contribution in [3.63, 3.8) is 0 Å². The third-order valence-electron chi connectivity index (χ3n) is 2.64. The van der Waals surface area contributed by atoms with Crippen molar-refractivity contribution in [1.82, 2.24) is 5.32 Å². The number of benzene rings is 1. The van der Waals surface area contributed by atoms with E-state index in [2.05, 4.69) is 12.2 Å². The highest BCUT2D eigenvalue weighted by Gasteiger charge is 2.07. The van der Waals surface area contributed by atoms with Crippen LogP contribution in [0, 0.1) is 0 Å². The number of nitrogens with one attached hydrogen (secondary N) is 1. The minimum Gasteiger partial charge on any atom is -0.393 e. The van der Waals surface area contributed by atoms with E-state index in [4.69, 9.17) is 0 Å². The van der Waals surface area contributed by atoms with Crippen LogP contribution in [0.5, 0.6) is 0 Å². The standard InChI is InChI=1S/C14H21NO2S/c1-3-12(16)8-9-15-14(17)11-6-5-7-13(10-11)18-4-2/h5-7,10,12,16H,3-4,8-9H2,1-2H3,(H,15,17). The Morgan fingerprint density at radius 2 is 2.22 bits per heavy atom. The molecule has 0 bridgehead atoms. The first-order valence-corrected chi connectivity index (χ1v) is 7.35. The van der Waals surface area contributed by atoms with Gasteiger partial charge in [-0.2, -0.15) is 0 Å². The number of aliphatic hydroxyl groups excluding tert-OH is 1. The van der Waals surface area contributed by atoms with Crippen LogP contribution in [0.15, 0.2) is 29.2 Å². The Morgan fingerprint density at radius 3 is 2.89 bits per heavy atom. The maximum atomic E-state index is 11.9. The summed E-state index contributed by atoms with van der Waals surface area (Å²) in [5.41, 5.74) is 0.680. The lowest BCUT2D eigenvalue weighted by Crippen LogP contribution is -2.26. The van der Waals surface area contributed by atoms with Crippen molar-refractivity contribution < 1.29 is 9.90 Å². The Balaban J connectivity index is 2.48. The van der Waals surface area contributed by atoms with E-state index in [9.17, 15) is 9.90 Å². The van der Waals surface area contributed by atoms with Crippen LogP contribution in [0.1, 0.15) is 37.0 Å². The fraction of sp³-hybridized carbons (Fsp3) is 0.500. The maximum Gasteiger partial charge on any atom is 0.251 e. The molecule has 1 unspecified atom stereocenters. The maximum absolute atomic E-state index is 11.9. The Bertz CT molecular complexity index is 382. The smallest absolute Gasteiger partial charge is 0.251 e. The number of hydrogen-bond acceptors (Lipinski definition) is 3. The Kier molecular flexibility index (Phi) is 6.83. The zero-order valence-corrected chi connectivity index (χ0v) is 11.8. The molecule has 1 aromatic rings. The molecule has 0 saturated carbocycles. The van der Waals surface area contributed by atoms with Crippen LogP contribution in [0.3, 0.4) is 0 Å². The highest BCUT2D eigenvalue weighted by atomic mass is 32.2. The minimum atomic E-state index is -0.327. The lowest BCUT2D eigenvalue weighted by molar-refractivity contribution is 0.0941. The molecule has 1 atom stereocenters. The minimum absolute atomic E-state index is 0.0724. The van der Waals surface area contributed by atoms with Crippen LogP contribution in [0.25, 0.3) is 0 Å². The van der Waals surface area contributed by atoms with E-state index in [1.165, 1.54) is 0 Å². The highest BCUT2D eigenvalue weighted by molar-refractivity contribution is 7.99. The molecule has 0 heterocycles. The lowest BCUT2D eigenvalue weighted by atomic mass is 10.2. The van der Waals surface area contributed by atoms with Gasteiger partial charge < -0.3 is 10.4 Å². The molecule has 2 N–H and O–H groups in total. The predicted molar refractivity (Wildman–Crippen MR) is 76.1 cm³/mol. The predicted octanol–water partition coefficient (Wildman–Crippen LogP) is 2.69. The first-order chi connectivity index (χ1) is 8.67. The number of amides is 1. The summed E-state index contributed by atoms with van der Waals surface area (Å²) in [6.07, 6.45) is 0.997. The molecule has 0 aromatic heterocycles. The van der Waals surface area contributed by atoms with E-state index in [0.29, 0.717) is 18.5 Å². The fourth-order valence-electron chi connectivity index (χ4n) is 1.55. The van der Waals surface area contributed by atoms with Crippen molar-refractivity contribution >= 4 is 17.7 Å². The summed E-state index contributed by atoms with van der Waals surface area (Å²) in [5.74, 6) is 0.921. The molecule has 100 valence electrons. The normalized spacial score (nSPS) is 12.2. The van der Waals surface area contributed by atoms with Gasteiger partial charge in [-0.15, -0.1) is 11.8 Å². The molecule has 0 aliphatic rings. The molecule has 3 nitrogen and oxygen atoms in total. The summed E-state index contributed by atoms with van der Waals surface area (Å²) in [7, 11) is 0. The van der Waals surface area contributed by atoms with Crippen molar-refractivity contribution in [2.24, 2.45) is 0 Å². The van der Waals surface area contributed by atoms with Crippen LogP contribution in [0.4, 0.5) is 0 Å². The number of rotatable bonds is 7. The van der Waals surface area contributed by atoms with Gasteiger partial charge in [-0.25, -0.2) is 0 Å². The van der Waals surface area contributed by atoms with Crippen LogP contribution in [0.2, 0.25) is 0 Å². The van der Waals surface area contributed by atoms with Crippen molar-refractivity contribution in [2.75, 3.05) is 12.3 Å². The quantitative estimate of drug-likeness (QED) is 0.747. The van der Waals surface area contributed by atoms with Gasteiger partial charge in [0.05, 0.1) is 6.10 Å². The first kappa shape index (κ1) is 15.1. The van der Waals surface area contributed by atoms with Gasteiger partial charge >= 0.3 is 0 Å². The van der Waals surface area contributed by atoms with Crippen LogP contribution in [-0.2, 0) is 0 Å². The third kappa shape index (κ3) is 5.10. The summed E-state index contributed by atoms with van der Waals surface area (Å²) < 4.78 is 0. The van der Waals surface area contributed by atoms with Gasteiger partial charge in [0.1, 0.15) is 0 Å². The second kappa shape index (κ2) is 8.16. The zero-order valence-electron chi connectivity index (χ0n) is 11.0. The van der Waals surface area contributed by atoms with Crippen LogP contribution < -0.4 is 5.32 Å². The average Bonchev–Trinajstić information content (AvgIpc) is 2.39. The largest absolute Gasteiger partial charge is 0.393 e. The topological polar surface area (TPSA) is 49.3 Å². The number of carbonyl (C=O) groups is 1. The number of aliphatic hydroxyl groups is 1.